The number of nitrogens with one attached hydrogen (secondary N) is 1. The summed E-state index contributed by atoms with van der Waals surface area (Å²) in [4.78, 5) is 4.29. The molecular weight excluding hydrogens is 270 g/mol. The Bertz CT molecular complexity index is 691. The van der Waals surface area contributed by atoms with Gasteiger partial charge >= 0.3 is 0 Å². The lowest BCUT2D eigenvalue weighted by Crippen LogP contribution is -2.19. The highest BCUT2D eigenvalue weighted by atomic mass is 35.5. The molecule has 0 fully saturated rings. The van der Waals surface area contributed by atoms with Gasteiger partial charge in [0.05, 0.1) is 5.69 Å². The van der Waals surface area contributed by atoms with Gasteiger partial charge in [-0.25, -0.2) is 0 Å². The first kappa shape index (κ1) is 13.2. The van der Waals surface area contributed by atoms with Crippen molar-refractivity contribution < 1.29 is 0 Å². The molecule has 3 nitrogen and oxygen atoms in total. The van der Waals surface area contributed by atoms with Crippen LogP contribution in [0.4, 0.5) is 0 Å². The minimum Gasteiger partial charge on any atom is -0.346 e. The number of benzene rings is 1. The van der Waals surface area contributed by atoms with E-state index < -0.39 is 0 Å². The second-order valence-corrected chi connectivity index (χ2v) is 5.15. The molecule has 4 heteroatoms. The summed E-state index contributed by atoms with van der Waals surface area (Å²) in [6, 6.07) is 14.1. The van der Waals surface area contributed by atoms with E-state index >= 15 is 0 Å². The number of fused-ring (bicyclic) bond motifs is 1. The van der Waals surface area contributed by atoms with Crippen LogP contribution in [0.3, 0.4) is 0 Å². The molecule has 0 bridgehead atoms. The summed E-state index contributed by atoms with van der Waals surface area (Å²) in [6.45, 7) is 2.63. The van der Waals surface area contributed by atoms with Crippen molar-refractivity contribution in [1.82, 2.24) is 14.9 Å². The Kier molecular flexibility index (Phi) is 4.00. The molecule has 0 amide bonds. The van der Waals surface area contributed by atoms with Crippen molar-refractivity contribution in [1.29, 1.82) is 0 Å². The lowest BCUT2D eigenvalue weighted by molar-refractivity contribution is 0.603. The van der Waals surface area contributed by atoms with Gasteiger partial charge in [0.15, 0.2) is 0 Å². The second-order valence-electron chi connectivity index (χ2n) is 4.71. The van der Waals surface area contributed by atoms with Crippen LogP contribution in [0.2, 0.25) is 5.02 Å². The fraction of sp³-hybridized carbons (Fsp3) is 0.188. The quantitative estimate of drug-likeness (QED) is 0.728. The first-order valence-corrected chi connectivity index (χ1v) is 7.06. The van der Waals surface area contributed by atoms with Crippen LogP contribution < -0.4 is 5.32 Å². The number of hydrogen-bond acceptors (Lipinski definition) is 2. The minimum absolute atomic E-state index is 0.781. The number of halogens is 1. The van der Waals surface area contributed by atoms with Crippen molar-refractivity contribution in [2.45, 2.75) is 13.1 Å². The van der Waals surface area contributed by atoms with Gasteiger partial charge in [-0.1, -0.05) is 17.7 Å². The van der Waals surface area contributed by atoms with E-state index in [4.69, 9.17) is 11.6 Å². The maximum Gasteiger partial charge on any atom is 0.0541 e. The zero-order valence-corrected chi connectivity index (χ0v) is 11.8. The molecule has 0 aliphatic heterocycles. The molecular formula is C16H16ClN3. The van der Waals surface area contributed by atoms with Crippen LogP contribution in [0.25, 0.3) is 10.9 Å². The van der Waals surface area contributed by atoms with Gasteiger partial charge in [0, 0.05) is 48.0 Å². The molecule has 0 spiro atoms. The minimum atomic E-state index is 0.781. The normalized spacial score (nSPS) is 11.1. The largest absolute Gasteiger partial charge is 0.346 e. The molecule has 0 saturated heterocycles. The van der Waals surface area contributed by atoms with E-state index in [9.17, 15) is 0 Å². The topological polar surface area (TPSA) is 29.9 Å². The first-order chi connectivity index (χ1) is 9.83. The zero-order valence-electron chi connectivity index (χ0n) is 11.1. The van der Waals surface area contributed by atoms with Crippen molar-refractivity contribution in [3.63, 3.8) is 0 Å². The number of nitrogens with zero attached hydrogens (tertiary/aromatic N) is 2. The summed E-state index contributed by atoms with van der Waals surface area (Å²) in [5, 5.41) is 5.37. The third-order valence-corrected chi connectivity index (χ3v) is 3.53. The SMILES string of the molecule is Clc1ccc2c(ccn2CCNCc2ccccn2)c1. The van der Waals surface area contributed by atoms with Crippen LogP contribution in [-0.2, 0) is 13.1 Å². The van der Waals surface area contributed by atoms with E-state index in [1.54, 1.807) is 0 Å². The molecule has 0 radical (unpaired) electrons. The third kappa shape index (κ3) is 3.00. The summed E-state index contributed by atoms with van der Waals surface area (Å²) in [6.07, 6.45) is 3.92. The fourth-order valence-electron chi connectivity index (χ4n) is 2.28. The zero-order chi connectivity index (χ0) is 13.8. The smallest absolute Gasteiger partial charge is 0.0541 e. The molecule has 3 aromatic rings. The van der Waals surface area contributed by atoms with Crippen LogP contribution in [0, 0.1) is 0 Å². The Morgan fingerprint density at radius 3 is 2.95 bits per heavy atom. The van der Waals surface area contributed by atoms with E-state index in [2.05, 4.69) is 33.2 Å². The van der Waals surface area contributed by atoms with Gasteiger partial charge in [0.2, 0.25) is 0 Å². The Hall–Kier alpha value is -1.84. The summed E-state index contributed by atoms with van der Waals surface area (Å²) in [5.74, 6) is 0. The molecule has 0 unspecified atom stereocenters. The molecule has 2 aromatic heterocycles. The third-order valence-electron chi connectivity index (χ3n) is 3.29. The van der Waals surface area contributed by atoms with Crippen molar-refractivity contribution >= 4 is 22.5 Å². The van der Waals surface area contributed by atoms with Gasteiger partial charge in [0.1, 0.15) is 0 Å². The lowest BCUT2D eigenvalue weighted by atomic mass is 10.2. The Balaban J connectivity index is 1.58. The van der Waals surface area contributed by atoms with E-state index in [1.807, 2.05) is 36.5 Å². The highest BCUT2D eigenvalue weighted by Crippen LogP contribution is 2.20. The maximum atomic E-state index is 5.99. The fourth-order valence-corrected chi connectivity index (χ4v) is 2.47. The number of aromatic nitrogens is 2. The number of pyridine rings is 1. The summed E-state index contributed by atoms with van der Waals surface area (Å²) in [5.41, 5.74) is 2.28. The van der Waals surface area contributed by atoms with Gasteiger partial charge in [-0.15, -0.1) is 0 Å². The Morgan fingerprint density at radius 2 is 2.10 bits per heavy atom. The average molecular weight is 286 g/mol. The molecule has 0 aliphatic rings. The molecule has 1 aromatic carbocycles. The van der Waals surface area contributed by atoms with E-state index in [0.717, 1.165) is 30.4 Å². The molecule has 3 rings (SSSR count). The Morgan fingerprint density at radius 1 is 1.15 bits per heavy atom. The van der Waals surface area contributed by atoms with Gasteiger partial charge in [-0.2, -0.15) is 0 Å². The van der Waals surface area contributed by atoms with Crippen LogP contribution in [0.1, 0.15) is 5.69 Å². The highest BCUT2D eigenvalue weighted by Gasteiger charge is 2.01. The molecule has 102 valence electrons. The van der Waals surface area contributed by atoms with Gasteiger partial charge in [0.25, 0.3) is 0 Å². The lowest BCUT2D eigenvalue weighted by Gasteiger charge is -2.07. The summed E-state index contributed by atoms with van der Waals surface area (Å²) < 4.78 is 2.23. The predicted molar refractivity (Wildman–Crippen MR) is 82.9 cm³/mol. The molecule has 2 heterocycles. The van der Waals surface area contributed by atoms with Crippen molar-refractivity contribution in [3.05, 3.63) is 65.6 Å². The molecule has 0 atom stereocenters. The van der Waals surface area contributed by atoms with Gasteiger partial charge in [-0.3, -0.25) is 4.98 Å². The van der Waals surface area contributed by atoms with Crippen LogP contribution in [0.5, 0.6) is 0 Å². The van der Waals surface area contributed by atoms with Crippen molar-refractivity contribution in [3.8, 4) is 0 Å². The summed E-state index contributed by atoms with van der Waals surface area (Å²) >= 11 is 5.99. The van der Waals surface area contributed by atoms with E-state index in [0.29, 0.717) is 0 Å². The predicted octanol–water partition coefficient (Wildman–Crippen LogP) is 3.48. The molecule has 0 aliphatic carbocycles. The van der Waals surface area contributed by atoms with E-state index in [1.165, 1.54) is 10.9 Å². The van der Waals surface area contributed by atoms with Crippen LogP contribution in [0.15, 0.2) is 54.9 Å². The monoisotopic (exact) mass is 285 g/mol. The molecule has 1 N–H and O–H groups in total. The van der Waals surface area contributed by atoms with Crippen molar-refractivity contribution in [2.24, 2.45) is 0 Å². The standard InChI is InChI=1S/C16H16ClN3/c17-14-4-5-16-13(11-14)6-9-20(16)10-8-18-12-15-3-1-2-7-19-15/h1-7,9,11,18H,8,10,12H2. The van der Waals surface area contributed by atoms with Gasteiger partial charge < -0.3 is 9.88 Å². The average Bonchev–Trinajstić information content (AvgIpc) is 2.87. The maximum absolute atomic E-state index is 5.99. The first-order valence-electron chi connectivity index (χ1n) is 6.68. The highest BCUT2D eigenvalue weighted by molar-refractivity contribution is 6.31. The Labute approximate surface area is 123 Å². The molecule has 0 saturated carbocycles. The number of rotatable bonds is 5. The van der Waals surface area contributed by atoms with Gasteiger partial charge in [-0.05, 0) is 36.4 Å². The second kappa shape index (κ2) is 6.07. The van der Waals surface area contributed by atoms with Crippen molar-refractivity contribution in [2.75, 3.05) is 6.54 Å². The van der Waals surface area contributed by atoms with Crippen LogP contribution in [-0.4, -0.2) is 16.1 Å². The molecule has 20 heavy (non-hydrogen) atoms. The van der Waals surface area contributed by atoms with E-state index in [-0.39, 0.29) is 0 Å². The van der Waals surface area contributed by atoms with Crippen LogP contribution >= 0.6 is 11.6 Å². The number of hydrogen-bond donors (Lipinski definition) is 1. The summed E-state index contributed by atoms with van der Waals surface area (Å²) in [7, 11) is 0.